The number of nitrogens with zero attached hydrogens (tertiary/aromatic N) is 3. The Kier molecular flexibility index (Phi) is 4.06. The van der Waals surface area contributed by atoms with Crippen molar-refractivity contribution in [2.24, 2.45) is 7.05 Å². The number of hydrogen-bond donors (Lipinski definition) is 1. The zero-order valence-corrected chi connectivity index (χ0v) is 12.6. The van der Waals surface area contributed by atoms with Crippen LogP contribution in [0.1, 0.15) is 43.5 Å². The maximum absolute atomic E-state index is 11.0. The van der Waals surface area contributed by atoms with Crippen molar-refractivity contribution in [3.8, 4) is 0 Å². The van der Waals surface area contributed by atoms with E-state index in [2.05, 4.69) is 34.3 Å². The summed E-state index contributed by atoms with van der Waals surface area (Å²) in [5.74, 6) is 0.850. The SMILES string of the molecule is Cn1ncnc1CC(O)C1(c2ccccc2)CCCCC1. The Morgan fingerprint density at radius 3 is 2.52 bits per heavy atom. The molecule has 112 valence electrons. The molecule has 4 nitrogen and oxygen atoms in total. The first-order valence-corrected chi connectivity index (χ1v) is 7.79. The average Bonchev–Trinajstić information content (AvgIpc) is 2.94. The molecule has 0 radical (unpaired) electrons. The normalized spacial score (nSPS) is 19.3. The Balaban J connectivity index is 1.90. The molecule has 1 aromatic carbocycles. The van der Waals surface area contributed by atoms with Gasteiger partial charge in [-0.15, -0.1) is 0 Å². The maximum atomic E-state index is 11.0. The van der Waals surface area contributed by atoms with E-state index in [1.54, 1.807) is 11.0 Å². The van der Waals surface area contributed by atoms with Crippen LogP contribution in [0, 0.1) is 0 Å². The van der Waals surface area contributed by atoms with Gasteiger partial charge in [0.15, 0.2) is 0 Å². The van der Waals surface area contributed by atoms with E-state index >= 15 is 0 Å². The van der Waals surface area contributed by atoms with Crippen molar-refractivity contribution in [3.63, 3.8) is 0 Å². The summed E-state index contributed by atoms with van der Waals surface area (Å²) in [5.41, 5.74) is 1.13. The van der Waals surface area contributed by atoms with Gasteiger partial charge in [0.2, 0.25) is 0 Å². The van der Waals surface area contributed by atoms with Gasteiger partial charge in [-0.05, 0) is 18.4 Å². The lowest BCUT2D eigenvalue weighted by Gasteiger charge is -2.41. The van der Waals surface area contributed by atoms with Gasteiger partial charge in [-0.25, -0.2) is 4.98 Å². The molecule has 0 aliphatic heterocycles. The van der Waals surface area contributed by atoms with Crippen molar-refractivity contribution < 1.29 is 5.11 Å². The van der Waals surface area contributed by atoms with Gasteiger partial charge in [-0.1, -0.05) is 49.6 Å². The number of rotatable bonds is 4. The highest BCUT2D eigenvalue weighted by Gasteiger charge is 2.40. The topological polar surface area (TPSA) is 50.9 Å². The molecule has 3 rings (SSSR count). The van der Waals surface area contributed by atoms with Crippen molar-refractivity contribution in [1.29, 1.82) is 0 Å². The van der Waals surface area contributed by atoms with Gasteiger partial charge in [0.25, 0.3) is 0 Å². The smallest absolute Gasteiger partial charge is 0.138 e. The maximum Gasteiger partial charge on any atom is 0.138 e. The summed E-state index contributed by atoms with van der Waals surface area (Å²) in [4.78, 5) is 4.27. The molecule has 0 saturated heterocycles. The summed E-state index contributed by atoms with van der Waals surface area (Å²) in [6, 6.07) is 10.5. The number of hydrogen-bond acceptors (Lipinski definition) is 3. The lowest BCUT2D eigenvalue weighted by molar-refractivity contribution is 0.0517. The highest BCUT2D eigenvalue weighted by atomic mass is 16.3. The zero-order valence-electron chi connectivity index (χ0n) is 12.6. The second-order valence-corrected chi connectivity index (χ2v) is 6.10. The Morgan fingerprint density at radius 2 is 1.90 bits per heavy atom. The third kappa shape index (κ3) is 2.72. The summed E-state index contributed by atoms with van der Waals surface area (Å²) in [6.45, 7) is 0. The van der Waals surface area contributed by atoms with Gasteiger partial charge in [-0.3, -0.25) is 4.68 Å². The molecule has 0 spiro atoms. The minimum Gasteiger partial charge on any atom is -0.392 e. The Bertz CT molecular complexity index is 573. The van der Waals surface area contributed by atoms with Crippen LogP contribution in [0.5, 0.6) is 0 Å². The fourth-order valence-corrected chi connectivity index (χ4v) is 3.64. The van der Waals surface area contributed by atoms with Crippen molar-refractivity contribution in [2.75, 3.05) is 0 Å². The molecular weight excluding hydrogens is 262 g/mol. The summed E-state index contributed by atoms with van der Waals surface area (Å²) in [7, 11) is 1.88. The zero-order chi connectivity index (χ0) is 14.7. The highest BCUT2D eigenvalue weighted by molar-refractivity contribution is 5.28. The van der Waals surface area contributed by atoms with E-state index in [-0.39, 0.29) is 5.41 Å². The lowest BCUT2D eigenvalue weighted by Crippen LogP contribution is -2.43. The Labute approximate surface area is 125 Å². The van der Waals surface area contributed by atoms with Gasteiger partial charge < -0.3 is 5.11 Å². The number of aryl methyl sites for hydroxylation is 1. The minimum absolute atomic E-state index is 0.133. The van der Waals surface area contributed by atoms with Crippen LogP contribution in [-0.4, -0.2) is 26.0 Å². The molecule has 1 unspecified atom stereocenters. The van der Waals surface area contributed by atoms with Gasteiger partial charge in [0, 0.05) is 18.9 Å². The van der Waals surface area contributed by atoms with Crippen LogP contribution in [0.4, 0.5) is 0 Å². The quantitative estimate of drug-likeness (QED) is 0.939. The van der Waals surface area contributed by atoms with Crippen molar-refractivity contribution in [2.45, 2.75) is 50.0 Å². The molecule has 1 saturated carbocycles. The fourth-order valence-electron chi connectivity index (χ4n) is 3.64. The highest BCUT2D eigenvalue weighted by Crippen LogP contribution is 2.42. The second-order valence-electron chi connectivity index (χ2n) is 6.10. The lowest BCUT2D eigenvalue weighted by atomic mass is 9.65. The van der Waals surface area contributed by atoms with E-state index in [0.29, 0.717) is 6.42 Å². The van der Waals surface area contributed by atoms with Gasteiger partial charge in [0.05, 0.1) is 6.10 Å². The van der Waals surface area contributed by atoms with Crippen LogP contribution >= 0.6 is 0 Å². The molecule has 2 aromatic rings. The van der Waals surface area contributed by atoms with Crippen molar-refractivity contribution in [1.82, 2.24) is 14.8 Å². The summed E-state index contributed by atoms with van der Waals surface area (Å²) < 4.78 is 1.75. The van der Waals surface area contributed by atoms with Crippen LogP contribution < -0.4 is 0 Å². The minimum atomic E-state index is -0.414. The molecular formula is C17H23N3O. The predicted molar refractivity (Wildman–Crippen MR) is 81.9 cm³/mol. The number of aliphatic hydroxyl groups excluding tert-OH is 1. The molecule has 1 N–H and O–H groups in total. The molecule has 1 aliphatic carbocycles. The molecule has 0 bridgehead atoms. The monoisotopic (exact) mass is 285 g/mol. The standard InChI is InChI=1S/C17H23N3O/c1-20-16(18-13-19-20)12-15(21)17(10-6-3-7-11-17)14-8-4-2-5-9-14/h2,4-5,8-9,13,15,21H,3,6-7,10-12H2,1H3. The molecule has 4 heteroatoms. The first kappa shape index (κ1) is 14.3. The fraction of sp³-hybridized carbons (Fsp3) is 0.529. The van der Waals surface area contributed by atoms with Gasteiger partial charge >= 0.3 is 0 Å². The Hall–Kier alpha value is -1.68. The summed E-state index contributed by atoms with van der Waals surface area (Å²) in [5, 5.41) is 15.1. The van der Waals surface area contributed by atoms with Gasteiger partial charge in [0.1, 0.15) is 12.2 Å². The average molecular weight is 285 g/mol. The molecule has 0 amide bonds. The Morgan fingerprint density at radius 1 is 1.19 bits per heavy atom. The second kappa shape index (κ2) is 5.98. The van der Waals surface area contributed by atoms with E-state index < -0.39 is 6.10 Å². The summed E-state index contributed by atoms with van der Waals surface area (Å²) in [6.07, 6.45) is 7.44. The molecule has 1 aliphatic rings. The number of aliphatic hydroxyl groups is 1. The van der Waals surface area contributed by atoms with Crippen LogP contribution in [0.15, 0.2) is 36.7 Å². The number of benzene rings is 1. The number of aromatic nitrogens is 3. The van der Waals surface area contributed by atoms with Crippen LogP contribution in [0.3, 0.4) is 0 Å². The largest absolute Gasteiger partial charge is 0.392 e. The molecule has 21 heavy (non-hydrogen) atoms. The first-order chi connectivity index (χ1) is 10.2. The van der Waals surface area contributed by atoms with E-state index in [9.17, 15) is 5.11 Å². The van der Waals surface area contributed by atoms with E-state index in [1.807, 2.05) is 13.1 Å². The third-order valence-electron chi connectivity index (χ3n) is 4.91. The molecule has 1 atom stereocenters. The third-order valence-corrected chi connectivity index (χ3v) is 4.91. The predicted octanol–water partition coefficient (Wildman–Crippen LogP) is 2.62. The molecule has 1 fully saturated rings. The summed E-state index contributed by atoms with van der Waals surface area (Å²) >= 11 is 0. The van der Waals surface area contributed by atoms with Crippen LogP contribution in [0.2, 0.25) is 0 Å². The van der Waals surface area contributed by atoms with Gasteiger partial charge in [-0.2, -0.15) is 5.10 Å². The van der Waals surface area contributed by atoms with Crippen molar-refractivity contribution in [3.05, 3.63) is 48.0 Å². The van der Waals surface area contributed by atoms with E-state index in [1.165, 1.54) is 24.8 Å². The molecule has 1 aromatic heterocycles. The van der Waals surface area contributed by atoms with Crippen LogP contribution in [-0.2, 0) is 18.9 Å². The molecule has 1 heterocycles. The van der Waals surface area contributed by atoms with E-state index in [4.69, 9.17) is 0 Å². The van der Waals surface area contributed by atoms with E-state index in [0.717, 1.165) is 18.7 Å². The van der Waals surface area contributed by atoms with Crippen LogP contribution in [0.25, 0.3) is 0 Å². The van der Waals surface area contributed by atoms with Crippen molar-refractivity contribution >= 4 is 0 Å². The first-order valence-electron chi connectivity index (χ1n) is 7.79.